The molecule has 41 heavy (non-hydrogen) atoms. The second-order valence-electron chi connectivity index (χ2n) is 10.6. The molecule has 219 valence electrons. The molecule has 0 aliphatic carbocycles. The Hall–Kier alpha value is -3.08. The van der Waals surface area contributed by atoms with Crippen LogP contribution in [0.4, 0.5) is 0 Å². The van der Waals surface area contributed by atoms with E-state index in [9.17, 15) is 9.90 Å². The van der Waals surface area contributed by atoms with Gasteiger partial charge in [-0.25, -0.2) is 0 Å². The third kappa shape index (κ3) is 7.23. The molecule has 0 saturated carbocycles. The molecule has 0 unspecified atom stereocenters. The van der Waals surface area contributed by atoms with E-state index in [1.807, 2.05) is 77.9 Å². The number of pyridine rings is 2. The molecule has 1 aliphatic heterocycles. The van der Waals surface area contributed by atoms with Crippen molar-refractivity contribution in [3.8, 4) is 22.8 Å². The van der Waals surface area contributed by atoms with Gasteiger partial charge in [0.1, 0.15) is 5.75 Å². The van der Waals surface area contributed by atoms with Crippen molar-refractivity contribution in [2.75, 3.05) is 0 Å². The maximum absolute atomic E-state index is 11.7. The van der Waals surface area contributed by atoms with Gasteiger partial charge in [0.05, 0.1) is 11.5 Å². The fraction of sp³-hybridized carbons (Fsp3) is 0.400. The fourth-order valence-electron chi connectivity index (χ4n) is 5.20. The molecule has 0 spiro atoms. The number of aromatic nitrogens is 2. The van der Waals surface area contributed by atoms with Gasteiger partial charge < -0.3 is 19.8 Å². The minimum Gasteiger partial charge on any atom is -0.512 e. The van der Waals surface area contributed by atoms with Crippen molar-refractivity contribution in [3.63, 3.8) is 0 Å². The number of aliphatic hydroxyl groups excluding tert-OH is 1. The van der Waals surface area contributed by atoms with Gasteiger partial charge in [0.15, 0.2) is 5.78 Å². The van der Waals surface area contributed by atoms with Gasteiger partial charge in [0, 0.05) is 64.2 Å². The number of fused-ring (bicyclic) bond motifs is 4. The summed E-state index contributed by atoms with van der Waals surface area (Å²) in [6.45, 7) is 11.8. The average molecular weight is 732 g/mol. The molecule has 0 atom stereocenters. The Bertz CT molecular complexity index is 1610. The zero-order valence-corrected chi connectivity index (χ0v) is 27.1. The zero-order chi connectivity index (χ0) is 30.6. The van der Waals surface area contributed by atoms with Gasteiger partial charge in [-0.05, 0) is 78.0 Å². The van der Waals surface area contributed by atoms with Crippen LogP contribution in [0.5, 0.6) is 11.5 Å². The van der Waals surface area contributed by atoms with E-state index in [1.54, 1.807) is 12.4 Å². The van der Waals surface area contributed by atoms with Crippen molar-refractivity contribution in [3.05, 3.63) is 72.3 Å². The minimum absolute atomic E-state index is 0. The second-order valence-corrected chi connectivity index (χ2v) is 10.6. The van der Waals surface area contributed by atoms with E-state index in [-0.39, 0.29) is 49.4 Å². The molecule has 4 aromatic rings. The number of carbonyl (C=O) groups is 1. The van der Waals surface area contributed by atoms with Gasteiger partial charge >= 0.3 is 0 Å². The number of ketones is 1. The summed E-state index contributed by atoms with van der Waals surface area (Å²) in [4.78, 5) is 20.7. The molecule has 3 heterocycles. The molecule has 1 aliphatic rings. The molecular formula is C35H41IrN2O3-. The van der Waals surface area contributed by atoms with Gasteiger partial charge in [-0.2, -0.15) is 0 Å². The maximum Gasteiger partial charge on any atom is 0.162 e. The van der Waals surface area contributed by atoms with Crippen molar-refractivity contribution in [2.24, 2.45) is 17.8 Å². The van der Waals surface area contributed by atoms with Crippen molar-refractivity contribution < 1.29 is 37.5 Å². The van der Waals surface area contributed by atoms with E-state index in [0.717, 1.165) is 58.6 Å². The molecule has 2 aromatic heterocycles. The van der Waals surface area contributed by atoms with Crippen LogP contribution in [-0.4, -0.2) is 20.9 Å². The first-order chi connectivity index (χ1) is 20.1. The van der Waals surface area contributed by atoms with Crippen molar-refractivity contribution in [2.45, 2.75) is 73.6 Å². The molecule has 0 fully saturated rings. The van der Waals surface area contributed by atoms with Crippen molar-refractivity contribution in [1.82, 2.24) is 9.97 Å². The van der Waals surface area contributed by atoms with Crippen LogP contribution in [0.25, 0.3) is 32.9 Å². The van der Waals surface area contributed by atoms with Crippen LogP contribution in [0.3, 0.4) is 0 Å². The Morgan fingerprint density at radius 1 is 1.05 bits per heavy atom. The van der Waals surface area contributed by atoms with Crippen LogP contribution in [0.15, 0.2) is 60.6 Å². The van der Waals surface area contributed by atoms with Crippen LogP contribution in [0, 0.1) is 23.8 Å². The van der Waals surface area contributed by atoms with Gasteiger partial charge in [-0.15, -0.1) is 12.1 Å². The third-order valence-corrected chi connectivity index (χ3v) is 7.48. The molecule has 0 bridgehead atoms. The molecule has 2 aromatic carbocycles. The van der Waals surface area contributed by atoms with Crippen molar-refractivity contribution in [1.29, 1.82) is 0 Å². The molecule has 6 heteroatoms. The van der Waals surface area contributed by atoms with Crippen LogP contribution in [0.2, 0.25) is 0 Å². The van der Waals surface area contributed by atoms with E-state index in [2.05, 4.69) is 16.0 Å². The van der Waals surface area contributed by atoms with E-state index in [4.69, 9.17) is 7.48 Å². The number of ether oxygens (including phenoxy) is 1. The number of allylic oxidation sites excluding steroid dienone is 2. The Morgan fingerprint density at radius 3 is 2.41 bits per heavy atom. The van der Waals surface area contributed by atoms with Crippen LogP contribution >= 0.6 is 0 Å². The summed E-state index contributed by atoms with van der Waals surface area (Å²) < 4.78 is 23.3. The zero-order valence-electron chi connectivity index (χ0n) is 26.7. The van der Waals surface area contributed by atoms with Gasteiger partial charge in [-0.3, -0.25) is 4.79 Å². The monoisotopic (exact) mass is 732 g/mol. The van der Waals surface area contributed by atoms with E-state index < -0.39 is 6.37 Å². The predicted molar refractivity (Wildman–Crippen MR) is 164 cm³/mol. The number of nitrogens with zero attached hydrogens (tertiary/aromatic N) is 2. The Labute approximate surface area is 260 Å². The topological polar surface area (TPSA) is 72.3 Å². The average Bonchev–Trinajstić information content (AvgIpc) is 2.98. The Balaban J connectivity index is 0.000000274. The first-order valence-corrected chi connectivity index (χ1v) is 14.4. The summed E-state index contributed by atoms with van der Waals surface area (Å²) >= 11 is 0. The number of benzene rings is 2. The summed E-state index contributed by atoms with van der Waals surface area (Å²) in [5.41, 5.74) is 3.04. The standard InChI is InChI=1S/C22H17N2O.C13H24O2.Ir/c1-13(2)10-14-11-15-7-9-24-21-17-5-6-18-16(4-3-8-23-18)22(17)25-19(12-14)20(15)21;1-5-10(6-2)12(14)9-13(15)11(7-3)8-4;/h3-4,6-9,11-13H,10H2,1-2H3;9-11,14H,5-8H2,1-4H3;/q-1;;/b;12-9-;/i10D2;;. The second kappa shape index (κ2) is 14.7. The SMILES string of the molecule is CCC(CC)C(=O)/C=C(\O)C(CC)CC.[2H]C([2H])(c1cc2c3c(nccc3c1)-c1[c-]cc3ncccc3c1O2)C(C)C.[Ir]. The Morgan fingerprint density at radius 2 is 1.76 bits per heavy atom. The summed E-state index contributed by atoms with van der Waals surface area (Å²) in [7, 11) is 0. The molecule has 5 rings (SSSR count). The Kier molecular flexibility index (Phi) is 10.5. The van der Waals surface area contributed by atoms with Crippen LogP contribution < -0.4 is 4.74 Å². The smallest absolute Gasteiger partial charge is 0.162 e. The first-order valence-electron chi connectivity index (χ1n) is 15.4. The normalized spacial score (nSPS) is 13.2. The molecule has 0 amide bonds. The summed E-state index contributed by atoms with van der Waals surface area (Å²) in [6.07, 6.45) is 6.95. The summed E-state index contributed by atoms with van der Waals surface area (Å²) in [6, 6.07) is 14.6. The molecular weight excluding hydrogens is 689 g/mol. The molecule has 5 nitrogen and oxygen atoms in total. The largest absolute Gasteiger partial charge is 0.512 e. The third-order valence-electron chi connectivity index (χ3n) is 7.48. The van der Waals surface area contributed by atoms with E-state index >= 15 is 0 Å². The predicted octanol–water partition coefficient (Wildman–Crippen LogP) is 9.42. The van der Waals surface area contributed by atoms with Crippen LogP contribution in [-0.2, 0) is 31.3 Å². The fourth-order valence-corrected chi connectivity index (χ4v) is 5.20. The maximum atomic E-state index is 11.7. The van der Waals surface area contributed by atoms with E-state index in [0.29, 0.717) is 17.1 Å². The first kappa shape index (κ1) is 29.4. The summed E-state index contributed by atoms with van der Waals surface area (Å²) in [5, 5.41) is 12.5. The molecule has 0 saturated heterocycles. The van der Waals surface area contributed by atoms with Crippen LogP contribution in [0.1, 0.15) is 75.5 Å². The summed E-state index contributed by atoms with van der Waals surface area (Å²) in [5.74, 6) is 1.70. The van der Waals surface area contributed by atoms with Crippen molar-refractivity contribution >= 4 is 27.5 Å². The molecule has 1 N–H and O–H groups in total. The number of aliphatic hydroxyl groups is 1. The van der Waals surface area contributed by atoms with E-state index in [1.165, 1.54) is 6.08 Å². The number of hydrogen-bond acceptors (Lipinski definition) is 5. The van der Waals surface area contributed by atoms with Gasteiger partial charge in [-0.1, -0.05) is 59.2 Å². The number of hydrogen-bond donors (Lipinski definition) is 1. The van der Waals surface area contributed by atoms with Gasteiger partial charge in [0.25, 0.3) is 0 Å². The number of carbonyl (C=O) groups excluding carboxylic acids is 1. The molecule has 1 radical (unpaired) electrons. The minimum atomic E-state index is -1.45. The number of rotatable bonds is 9. The van der Waals surface area contributed by atoms with Gasteiger partial charge in [0.2, 0.25) is 0 Å². The quantitative estimate of drug-likeness (QED) is 0.0930.